The lowest BCUT2D eigenvalue weighted by Crippen LogP contribution is -2.26. The summed E-state index contributed by atoms with van der Waals surface area (Å²) >= 11 is 9.17. The highest BCUT2D eigenvalue weighted by molar-refractivity contribution is 9.10. The van der Waals surface area contributed by atoms with Crippen LogP contribution in [0.25, 0.3) is 0 Å². The Morgan fingerprint density at radius 2 is 2.29 bits per heavy atom. The number of nitrogens with one attached hydrogen (secondary N) is 1. The SMILES string of the molecule is CCCC(N)CC(=O)Nc1ccc(Cl)c(Br)c1. The molecule has 0 aromatic heterocycles. The molecule has 0 radical (unpaired) electrons. The summed E-state index contributed by atoms with van der Waals surface area (Å²) in [7, 11) is 0. The molecule has 0 aliphatic rings. The van der Waals surface area contributed by atoms with E-state index >= 15 is 0 Å². The molecule has 1 atom stereocenters. The van der Waals surface area contributed by atoms with Crippen LogP contribution in [0.4, 0.5) is 5.69 Å². The highest BCUT2D eigenvalue weighted by Crippen LogP contribution is 2.25. The number of carbonyl (C=O) groups is 1. The van der Waals surface area contributed by atoms with Crippen molar-refractivity contribution in [3.63, 3.8) is 0 Å². The summed E-state index contributed by atoms with van der Waals surface area (Å²) in [4.78, 5) is 11.7. The maximum absolute atomic E-state index is 11.7. The predicted molar refractivity (Wildman–Crippen MR) is 75.3 cm³/mol. The van der Waals surface area contributed by atoms with Gasteiger partial charge in [0.2, 0.25) is 5.91 Å². The first kappa shape index (κ1) is 14.5. The number of nitrogens with two attached hydrogens (primary N) is 1. The lowest BCUT2D eigenvalue weighted by molar-refractivity contribution is -0.116. The minimum Gasteiger partial charge on any atom is -0.327 e. The standard InChI is InChI=1S/C12H16BrClN2O/c1-2-3-8(15)6-12(17)16-9-4-5-11(14)10(13)7-9/h4-5,7-8H,2-3,6,15H2,1H3,(H,16,17). The topological polar surface area (TPSA) is 55.1 Å². The van der Waals surface area contributed by atoms with E-state index in [1.165, 1.54) is 0 Å². The Morgan fingerprint density at radius 3 is 2.88 bits per heavy atom. The van der Waals surface area contributed by atoms with E-state index in [9.17, 15) is 4.79 Å². The lowest BCUT2D eigenvalue weighted by atomic mass is 10.1. The van der Waals surface area contributed by atoms with Crippen molar-refractivity contribution >= 4 is 39.1 Å². The van der Waals surface area contributed by atoms with E-state index in [1.54, 1.807) is 18.2 Å². The van der Waals surface area contributed by atoms with Gasteiger partial charge in [-0.15, -0.1) is 0 Å². The monoisotopic (exact) mass is 318 g/mol. The summed E-state index contributed by atoms with van der Waals surface area (Å²) in [5.41, 5.74) is 6.52. The number of hydrogen-bond acceptors (Lipinski definition) is 2. The third-order valence-electron chi connectivity index (χ3n) is 2.31. The molecule has 0 bridgehead atoms. The molecule has 3 N–H and O–H groups in total. The second kappa shape index (κ2) is 6.99. The molecule has 0 saturated carbocycles. The van der Waals surface area contributed by atoms with Crippen LogP contribution in [0.3, 0.4) is 0 Å². The Bertz CT molecular complexity index is 398. The van der Waals surface area contributed by atoms with Gasteiger partial charge in [-0.1, -0.05) is 24.9 Å². The Kier molecular flexibility index (Phi) is 5.95. The first-order valence-corrected chi connectivity index (χ1v) is 6.70. The summed E-state index contributed by atoms with van der Waals surface area (Å²) in [6.07, 6.45) is 2.19. The van der Waals surface area contributed by atoms with Gasteiger partial charge in [-0.25, -0.2) is 0 Å². The highest BCUT2D eigenvalue weighted by Gasteiger charge is 2.09. The van der Waals surface area contributed by atoms with Crippen molar-refractivity contribution in [2.75, 3.05) is 5.32 Å². The summed E-state index contributed by atoms with van der Waals surface area (Å²) in [6.45, 7) is 2.05. The van der Waals surface area contributed by atoms with Crippen molar-refractivity contribution in [3.05, 3.63) is 27.7 Å². The predicted octanol–water partition coefficient (Wildman–Crippen LogP) is 3.56. The van der Waals surface area contributed by atoms with E-state index in [2.05, 4.69) is 21.2 Å². The highest BCUT2D eigenvalue weighted by atomic mass is 79.9. The molecule has 1 rings (SSSR count). The molecule has 0 spiro atoms. The molecule has 0 aliphatic carbocycles. The van der Waals surface area contributed by atoms with Crippen LogP contribution in [0.5, 0.6) is 0 Å². The Hall–Kier alpha value is -0.580. The van der Waals surface area contributed by atoms with E-state index in [0.717, 1.165) is 23.0 Å². The van der Waals surface area contributed by atoms with Crippen LogP contribution in [-0.4, -0.2) is 11.9 Å². The summed E-state index contributed by atoms with van der Waals surface area (Å²) in [6, 6.07) is 5.19. The van der Waals surface area contributed by atoms with Gasteiger partial charge in [-0.3, -0.25) is 4.79 Å². The fraction of sp³-hybridized carbons (Fsp3) is 0.417. The third-order valence-corrected chi connectivity index (χ3v) is 3.52. The van der Waals surface area contributed by atoms with Crippen molar-refractivity contribution < 1.29 is 4.79 Å². The molecule has 1 aromatic rings. The number of halogens is 2. The number of anilines is 1. The zero-order valence-electron chi connectivity index (χ0n) is 9.67. The molecule has 17 heavy (non-hydrogen) atoms. The van der Waals surface area contributed by atoms with Crippen LogP contribution >= 0.6 is 27.5 Å². The number of hydrogen-bond donors (Lipinski definition) is 2. The molecule has 94 valence electrons. The van der Waals surface area contributed by atoms with Crippen LogP contribution in [0.15, 0.2) is 22.7 Å². The van der Waals surface area contributed by atoms with Gasteiger partial charge >= 0.3 is 0 Å². The summed E-state index contributed by atoms with van der Waals surface area (Å²) in [5, 5.41) is 3.41. The van der Waals surface area contributed by atoms with Gasteiger partial charge in [-0.2, -0.15) is 0 Å². The van der Waals surface area contributed by atoms with Crippen molar-refractivity contribution in [1.82, 2.24) is 0 Å². The van der Waals surface area contributed by atoms with Gasteiger partial charge in [-0.05, 0) is 40.5 Å². The van der Waals surface area contributed by atoms with Crippen LogP contribution < -0.4 is 11.1 Å². The normalized spacial score (nSPS) is 12.2. The quantitative estimate of drug-likeness (QED) is 0.872. The maximum Gasteiger partial charge on any atom is 0.225 e. The number of rotatable bonds is 5. The largest absolute Gasteiger partial charge is 0.327 e. The first-order valence-electron chi connectivity index (χ1n) is 5.53. The molecule has 3 nitrogen and oxygen atoms in total. The molecule has 0 fully saturated rings. The molecule has 1 aromatic carbocycles. The molecule has 0 saturated heterocycles. The molecule has 0 aliphatic heterocycles. The van der Waals surface area contributed by atoms with E-state index in [0.29, 0.717) is 11.4 Å². The Balaban J connectivity index is 2.53. The number of benzene rings is 1. The van der Waals surface area contributed by atoms with Gasteiger partial charge in [0.1, 0.15) is 0 Å². The summed E-state index contributed by atoms with van der Waals surface area (Å²) < 4.78 is 0.759. The van der Waals surface area contributed by atoms with E-state index in [-0.39, 0.29) is 11.9 Å². The first-order chi connectivity index (χ1) is 8.02. The molecule has 0 heterocycles. The van der Waals surface area contributed by atoms with E-state index in [4.69, 9.17) is 17.3 Å². The fourth-order valence-electron chi connectivity index (χ4n) is 1.50. The maximum atomic E-state index is 11.7. The van der Waals surface area contributed by atoms with Crippen LogP contribution in [0, 0.1) is 0 Å². The van der Waals surface area contributed by atoms with Crippen molar-refractivity contribution in [2.24, 2.45) is 5.73 Å². The average molecular weight is 320 g/mol. The average Bonchev–Trinajstić information content (AvgIpc) is 2.23. The molecular formula is C12H16BrClN2O. The summed E-state index contributed by atoms with van der Waals surface area (Å²) in [5.74, 6) is -0.0693. The van der Waals surface area contributed by atoms with Gasteiger partial charge in [0.15, 0.2) is 0 Å². The Labute approximate surface area is 115 Å². The molecule has 1 amide bonds. The fourth-order valence-corrected chi connectivity index (χ4v) is 1.99. The van der Waals surface area contributed by atoms with Gasteiger partial charge < -0.3 is 11.1 Å². The van der Waals surface area contributed by atoms with Crippen molar-refractivity contribution in [3.8, 4) is 0 Å². The van der Waals surface area contributed by atoms with Crippen LogP contribution in [-0.2, 0) is 4.79 Å². The number of amides is 1. The lowest BCUT2D eigenvalue weighted by Gasteiger charge is -2.11. The second-order valence-electron chi connectivity index (χ2n) is 3.93. The van der Waals surface area contributed by atoms with Crippen LogP contribution in [0.2, 0.25) is 5.02 Å². The van der Waals surface area contributed by atoms with Gasteiger partial charge in [0, 0.05) is 22.6 Å². The van der Waals surface area contributed by atoms with Crippen LogP contribution in [0.1, 0.15) is 26.2 Å². The molecule has 5 heteroatoms. The molecule has 1 unspecified atom stereocenters. The smallest absolute Gasteiger partial charge is 0.225 e. The van der Waals surface area contributed by atoms with E-state index < -0.39 is 0 Å². The van der Waals surface area contributed by atoms with Gasteiger partial charge in [0.05, 0.1) is 5.02 Å². The third kappa shape index (κ3) is 5.06. The Morgan fingerprint density at radius 1 is 1.59 bits per heavy atom. The van der Waals surface area contributed by atoms with E-state index in [1.807, 2.05) is 6.92 Å². The zero-order valence-corrected chi connectivity index (χ0v) is 12.0. The zero-order chi connectivity index (χ0) is 12.8. The number of carbonyl (C=O) groups excluding carboxylic acids is 1. The minimum absolute atomic E-state index is 0.0693. The second-order valence-corrected chi connectivity index (χ2v) is 5.19. The molecular weight excluding hydrogens is 304 g/mol. The van der Waals surface area contributed by atoms with Gasteiger partial charge in [0.25, 0.3) is 0 Å². The minimum atomic E-state index is -0.0734. The van der Waals surface area contributed by atoms with Crippen molar-refractivity contribution in [2.45, 2.75) is 32.2 Å². The van der Waals surface area contributed by atoms with Crippen molar-refractivity contribution in [1.29, 1.82) is 0 Å².